The summed E-state index contributed by atoms with van der Waals surface area (Å²) < 4.78 is 0. The molecule has 2 aromatic carbocycles. The van der Waals surface area contributed by atoms with Gasteiger partial charge in [0.05, 0.1) is 11.4 Å². The minimum atomic E-state index is 0.0295. The zero-order valence-corrected chi connectivity index (χ0v) is 22.8. The summed E-state index contributed by atoms with van der Waals surface area (Å²) in [4.78, 5) is 37.0. The van der Waals surface area contributed by atoms with Crippen LogP contribution in [-0.4, -0.2) is 70.8 Å². The molecule has 0 radical (unpaired) electrons. The maximum absolute atomic E-state index is 13.2. The lowest BCUT2D eigenvalue weighted by Crippen LogP contribution is -2.49. The first kappa shape index (κ1) is 25.9. The highest BCUT2D eigenvalue weighted by Crippen LogP contribution is 2.31. The molecule has 1 unspecified atom stereocenters. The third-order valence-corrected chi connectivity index (χ3v) is 9.04. The molecule has 0 saturated carbocycles. The van der Waals surface area contributed by atoms with Gasteiger partial charge < -0.3 is 9.80 Å². The minimum absolute atomic E-state index is 0.0295. The molecule has 2 aliphatic rings. The zero-order chi connectivity index (χ0) is 25.8. The van der Waals surface area contributed by atoms with Crippen LogP contribution >= 0.6 is 22.9 Å². The predicted octanol–water partition coefficient (Wildman–Crippen LogP) is 5.26. The van der Waals surface area contributed by atoms with E-state index in [0.717, 1.165) is 49.6 Å². The second-order valence-electron chi connectivity index (χ2n) is 9.91. The molecule has 2 amide bonds. The molecule has 8 heteroatoms. The number of thiazole rings is 1. The van der Waals surface area contributed by atoms with Crippen LogP contribution in [0.25, 0.3) is 0 Å². The molecule has 2 saturated heterocycles. The number of benzene rings is 2. The summed E-state index contributed by atoms with van der Waals surface area (Å²) in [7, 11) is 0. The molecule has 2 aliphatic heterocycles. The summed E-state index contributed by atoms with van der Waals surface area (Å²) in [5.74, 6) is 0.434. The number of carbonyl (C=O) groups is 2. The molecular formula is C29H33ClN4O2S. The van der Waals surface area contributed by atoms with E-state index in [-0.39, 0.29) is 11.8 Å². The molecule has 0 bridgehead atoms. The average Bonchev–Trinajstić information content (AvgIpc) is 3.44. The van der Waals surface area contributed by atoms with Gasteiger partial charge in [0.15, 0.2) is 0 Å². The first-order valence-electron chi connectivity index (χ1n) is 13.0. The molecule has 0 spiro atoms. The molecule has 3 aromatic rings. The molecule has 1 atom stereocenters. The Labute approximate surface area is 227 Å². The van der Waals surface area contributed by atoms with E-state index in [1.54, 1.807) is 11.3 Å². The Kier molecular flexibility index (Phi) is 8.23. The van der Waals surface area contributed by atoms with E-state index < -0.39 is 0 Å². The number of aromatic nitrogens is 1. The molecule has 0 aliphatic carbocycles. The normalized spacial score (nSPS) is 18.1. The minimum Gasteiger partial charge on any atom is -0.342 e. The monoisotopic (exact) mass is 536 g/mol. The van der Waals surface area contributed by atoms with Crippen LogP contribution in [0, 0.1) is 0 Å². The van der Waals surface area contributed by atoms with Gasteiger partial charge in [0.1, 0.15) is 5.69 Å². The molecule has 5 rings (SSSR count). The third-order valence-electron chi connectivity index (χ3n) is 7.67. The Morgan fingerprint density at radius 2 is 1.62 bits per heavy atom. The molecular weight excluding hydrogens is 504 g/mol. The predicted molar refractivity (Wildman–Crippen MR) is 148 cm³/mol. The van der Waals surface area contributed by atoms with Gasteiger partial charge in [0.2, 0.25) is 5.91 Å². The van der Waals surface area contributed by atoms with E-state index in [9.17, 15) is 9.59 Å². The second-order valence-corrected chi connectivity index (χ2v) is 11.2. The van der Waals surface area contributed by atoms with Gasteiger partial charge >= 0.3 is 0 Å². The van der Waals surface area contributed by atoms with Crippen molar-refractivity contribution in [2.75, 3.05) is 39.3 Å². The van der Waals surface area contributed by atoms with Crippen molar-refractivity contribution in [3.05, 3.63) is 86.8 Å². The van der Waals surface area contributed by atoms with Gasteiger partial charge in [-0.2, -0.15) is 0 Å². The summed E-state index contributed by atoms with van der Waals surface area (Å²) in [6, 6.07) is 18.4. The third kappa shape index (κ3) is 6.06. The smallest absolute Gasteiger partial charge is 0.273 e. The molecule has 2 fully saturated rings. The van der Waals surface area contributed by atoms with Gasteiger partial charge in [-0.3, -0.25) is 14.5 Å². The Morgan fingerprint density at radius 1 is 0.946 bits per heavy atom. The van der Waals surface area contributed by atoms with E-state index in [2.05, 4.69) is 36.1 Å². The van der Waals surface area contributed by atoms with Crippen molar-refractivity contribution in [1.29, 1.82) is 0 Å². The number of piperidine rings is 1. The number of piperazine rings is 1. The maximum Gasteiger partial charge on any atom is 0.273 e. The summed E-state index contributed by atoms with van der Waals surface area (Å²) in [5.41, 5.74) is 2.74. The summed E-state index contributed by atoms with van der Waals surface area (Å²) >= 11 is 7.81. The van der Waals surface area contributed by atoms with Crippen molar-refractivity contribution < 1.29 is 9.59 Å². The van der Waals surface area contributed by atoms with E-state index in [1.807, 2.05) is 45.5 Å². The second kappa shape index (κ2) is 11.8. The van der Waals surface area contributed by atoms with Gasteiger partial charge in [-0.15, -0.1) is 11.3 Å². The maximum atomic E-state index is 13.2. The highest BCUT2D eigenvalue weighted by atomic mass is 35.5. The van der Waals surface area contributed by atoms with Crippen molar-refractivity contribution in [2.24, 2.45) is 0 Å². The van der Waals surface area contributed by atoms with E-state index in [4.69, 9.17) is 16.6 Å². The van der Waals surface area contributed by atoms with Crippen molar-refractivity contribution >= 4 is 34.8 Å². The van der Waals surface area contributed by atoms with Gasteiger partial charge in [-0.1, -0.05) is 60.1 Å². The van der Waals surface area contributed by atoms with E-state index >= 15 is 0 Å². The van der Waals surface area contributed by atoms with Crippen molar-refractivity contribution in [3.8, 4) is 0 Å². The Morgan fingerprint density at radius 3 is 2.32 bits per heavy atom. The van der Waals surface area contributed by atoms with Gasteiger partial charge in [-0.05, 0) is 37.0 Å². The number of likely N-dealkylation sites (tertiary alicyclic amines) is 1. The number of nitrogens with zero attached hydrogens (tertiary/aromatic N) is 4. The van der Waals surface area contributed by atoms with Gasteiger partial charge in [0.25, 0.3) is 5.91 Å². The highest BCUT2D eigenvalue weighted by Gasteiger charge is 2.29. The number of halogens is 1. The fourth-order valence-electron chi connectivity index (χ4n) is 5.28. The van der Waals surface area contributed by atoms with Crippen LogP contribution in [0.3, 0.4) is 0 Å². The van der Waals surface area contributed by atoms with Crippen molar-refractivity contribution in [3.63, 3.8) is 0 Å². The molecule has 1 aromatic heterocycles. The highest BCUT2D eigenvalue weighted by molar-refractivity contribution is 7.09. The van der Waals surface area contributed by atoms with Crippen LogP contribution in [0.5, 0.6) is 0 Å². The Balaban J connectivity index is 1.11. The van der Waals surface area contributed by atoms with Crippen molar-refractivity contribution in [1.82, 2.24) is 19.7 Å². The number of hydrogen-bond donors (Lipinski definition) is 0. The first-order valence-corrected chi connectivity index (χ1v) is 14.3. The summed E-state index contributed by atoms with van der Waals surface area (Å²) in [5, 5.41) is 3.56. The lowest BCUT2D eigenvalue weighted by Gasteiger charge is -2.38. The van der Waals surface area contributed by atoms with Crippen LogP contribution < -0.4 is 0 Å². The van der Waals surface area contributed by atoms with Crippen LogP contribution in [0.1, 0.15) is 58.3 Å². The molecule has 6 nitrogen and oxygen atoms in total. The lowest BCUT2D eigenvalue weighted by molar-refractivity contribution is -0.131. The standard InChI is InChI=1S/C29H33ClN4O2S/c1-21(22-7-3-2-4-8-22)32-15-17-34(18-16-32)29(36)26-20-37-28(31-26)23-11-13-33(14-12-23)27(35)19-24-9-5-6-10-25(24)30/h2-10,20-21,23H,11-19H2,1H3. The molecule has 194 valence electrons. The number of amides is 2. The van der Waals surface area contributed by atoms with Crippen LogP contribution in [0.4, 0.5) is 0 Å². The van der Waals surface area contributed by atoms with E-state index in [1.165, 1.54) is 5.56 Å². The van der Waals surface area contributed by atoms with Crippen LogP contribution in [0.2, 0.25) is 5.02 Å². The topological polar surface area (TPSA) is 56.8 Å². The summed E-state index contributed by atoms with van der Waals surface area (Å²) in [6.45, 7) is 6.80. The fourth-order valence-corrected chi connectivity index (χ4v) is 6.45. The quantitative estimate of drug-likeness (QED) is 0.431. The van der Waals surface area contributed by atoms with Gasteiger partial charge in [-0.25, -0.2) is 4.98 Å². The van der Waals surface area contributed by atoms with Crippen molar-refractivity contribution in [2.45, 2.75) is 38.1 Å². The molecule has 37 heavy (non-hydrogen) atoms. The Hall–Kier alpha value is -2.74. The van der Waals surface area contributed by atoms with Crippen LogP contribution in [-0.2, 0) is 11.2 Å². The summed E-state index contributed by atoms with van der Waals surface area (Å²) in [6.07, 6.45) is 2.06. The molecule has 3 heterocycles. The fraction of sp³-hybridized carbons (Fsp3) is 0.414. The van der Waals surface area contributed by atoms with Gasteiger partial charge in [0, 0.05) is 61.6 Å². The number of carbonyl (C=O) groups excluding carboxylic acids is 2. The van der Waals surface area contributed by atoms with Crippen LogP contribution in [0.15, 0.2) is 60.0 Å². The van der Waals surface area contributed by atoms with E-state index in [0.29, 0.717) is 42.2 Å². The average molecular weight is 537 g/mol. The SMILES string of the molecule is CC(c1ccccc1)N1CCN(C(=O)c2csc(C3CCN(C(=O)Cc4ccccc4Cl)CC3)n2)CC1. The number of rotatable bonds is 6. The molecule has 0 N–H and O–H groups in total. The first-order chi connectivity index (χ1) is 18.0. The zero-order valence-electron chi connectivity index (χ0n) is 21.2. The largest absolute Gasteiger partial charge is 0.342 e. The lowest BCUT2D eigenvalue weighted by atomic mass is 9.97. The number of hydrogen-bond acceptors (Lipinski definition) is 5. The Bertz CT molecular complexity index is 1220.